The normalized spacial score (nSPS) is 13.3. The summed E-state index contributed by atoms with van der Waals surface area (Å²) >= 11 is 1.75. The maximum Gasteiger partial charge on any atom is 0.338 e. The summed E-state index contributed by atoms with van der Waals surface area (Å²) in [4.78, 5) is 28.7. The Labute approximate surface area is 206 Å². The molecule has 0 bridgehead atoms. The maximum absolute atomic E-state index is 13.4. The number of carbonyl (C=O) groups excluding carboxylic acids is 1. The molecule has 0 spiro atoms. The van der Waals surface area contributed by atoms with Gasteiger partial charge in [0, 0.05) is 18.0 Å². The highest BCUT2D eigenvalue weighted by atomic mass is 32.1. The van der Waals surface area contributed by atoms with E-state index in [9.17, 15) is 9.59 Å². The van der Waals surface area contributed by atoms with Crippen LogP contribution >= 0.6 is 11.3 Å². The molecule has 2 aromatic heterocycles. The largest absolute Gasteiger partial charge is 0.478 e. The number of hydrogen-bond donors (Lipinski definition) is 0. The second-order valence-corrected chi connectivity index (χ2v) is 9.27. The van der Waals surface area contributed by atoms with Crippen LogP contribution in [0.2, 0.25) is 0 Å². The Morgan fingerprint density at radius 3 is 2.71 bits per heavy atom. The van der Waals surface area contributed by atoms with Crippen LogP contribution < -0.4 is 14.9 Å². The summed E-state index contributed by atoms with van der Waals surface area (Å²) in [5, 5.41) is 2.52. The number of fused-ring (bicyclic) bond motifs is 3. The van der Waals surface area contributed by atoms with Crippen LogP contribution in [-0.4, -0.2) is 30.8 Å². The topological polar surface area (TPSA) is 78.2 Å². The van der Waals surface area contributed by atoms with E-state index in [0.717, 1.165) is 24.3 Å². The Bertz CT molecular complexity index is 1410. The van der Waals surface area contributed by atoms with E-state index in [1.165, 1.54) is 4.88 Å². The van der Waals surface area contributed by atoms with Gasteiger partial charge in [-0.25, -0.2) is 4.79 Å². The molecule has 0 radical (unpaired) electrons. The zero-order valence-corrected chi connectivity index (χ0v) is 20.4. The highest BCUT2D eigenvalue weighted by molar-refractivity contribution is 7.09. The standard InChI is InChI=1S/C27H25NO6S/c1-3-31-27(30)18-6-8-19(9-7-18)34-25-17(2)33-26-21(24(25)29)10-11-23-22(26)15-28(16-32-23)13-12-20-5-4-14-35-20/h4-11,14H,3,12-13,15-16H2,1-2H3. The van der Waals surface area contributed by atoms with E-state index >= 15 is 0 Å². The molecule has 35 heavy (non-hydrogen) atoms. The molecule has 0 saturated carbocycles. The molecular weight excluding hydrogens is 466 g/mol. The number of thiophene rings is 1. The zero-order valence-electron chi connectivity index (χ0n) is 19.5. The van der Waals surface area contributed by atoms with Crippen molar-refractivity contribution in [2.24, 2.45) is 0 Å². The van der Waals surface area contributed by atoms with E-state index < -0.39 is 5.97 Å². The van der Waals surface area contributed by atoms with E-state index in [2.05, 4.69) is 22.4 Å². The first-order valence-corrected chi connectivity index (χ1v) is 12.3. The van der Waals surface area contributed by atoms with Crippen LogP contribution in [-0.2, 0) is 17.7 Å². The number of nitrogens with zero attached hydrogens (tertiary/aromatic N) is 1. The van der Waals surface area contributed by atoms with Gasteiger partial charge in [-0.1, -0.05) is 6.07 Å². The molecule has 2 aromatic carbocycles. The van der Waals surface area contributed by atoms with Crippen molar-refractivity contribution in [3.05, 3.63) is 85.9 Å². The number of carbonyl (C=O) groups is 1. The number of ether oxygens (including phenoxy) is 3. The monoisotopic (exact) mass is 491 g/mol. The lowest BCUT2D eigenvalue weighted by atomic mass is 10.1. The van der Waals surface area contributed by atoms with Gasteiger partial charge in [-0.3, -0.25) is 9.69 Å². The van der Waals surface area contributed by atoms with Crippen molar-refractivity contribution in [2.45, 2.75) is 26.8 Å². The minimum atomic E-state index is -0.406. The lowest BCUT2D eigenvalue weighted by Gasteiger charge is -2.29. The Hall–Kier alpha value is -3.62. The molecule has 3 heterocycles. The molecule has 7 nitrogen and oxygen atoms in total. The summed E-state index contributed by atoms with van der Waals surface area (Å²) in [6.07, 6.45) is 0.942. The third kappa shape index (κ3) is 4.80. The number of aryl methyl sites for hydroxylation is 1. The van der Waals surface area contributed by atoms with Gasteiger partial charge in [-0.15, -0.1) is 11.3 Å². The van der Waals surface area contributed by atoms with E-state index in [0.29, 0.717) is 47.9 Å². The van der Waals surface area contributed by atoms with Crippen LogP contribution in [0.1, 0.15) is 33.5 Å². The van der Waals surface area contributed by atoms with Gasteiger partial charge in [0.15, 0.2) is 0 Å². The molecule has 0 amide bonds. The second-order valence-electron chi connectivity index (χ2n) is 8.24. The molecule has 0 fully saturated rings. The summed E-state index contributed by atoms with van der Waals surface area (Å²) in [5.41, 5.74) is 1.55. The number of esters is 1. The Morgan fingerprint density at radius 1 is 1.14 bits per heavy atom. The van der Waals surface area contributed by atoms with Crippen molar-refractivity contribution in [1.82, 2.24) is 4.90 Å². The van der Waals surface area contributed by atoms with Crippen LogP contribution in [0.25, 0.3) is 11.0 Å². The van der Waals surface area contributed by atoms with Gasteiger partial charge >= 0.3 is 5.97 Å². The highest BCUT2D eigenvalue weighted by Crippen LogP contribution is 2.34. The van der Waals surface area contributed by atoms with E-state index in [1.54, 1.807) is 55.5 Å². The SMILES string of the molecule is CCOC(=O)c1ccc(Oc2c(C)oc3c4c(ccc3c2=O)OCN(CCc2cccs2)C4)cc1. The molecule has 5 rings (SSSR count). The lowest BCUT2D eigenvalue weighted by Crippen LogP contribution is -2.33. The molecule has 0 atom stereocenters. The fourth-order valence-corrected chi connectivity index (χ4v) is 4.78. The predicted octanol–water partition coefficient (Wildman–Crippen LogP) is 5.53. The van der Waals surface area contributed by atoms with Crippen molar-refractivity contribution in [1.29, 1.82) is 0 Å². The van der Waals surface area contributed by atoms with Crippen LogP contribution in [0.5, 0.6) is 17.2 Å². The van der Waals surface area contributed by atoms with Crippen LogP contribution in [0, 0.1) is 6.92 Å². The van der Waals surface area contributed by atoms with Gasteiger partial charge in [0.1, 0.15) is 29.6 Å². The first kappa shape index (κ1) is 23.1. The van der Waals surface area contributed by atoms with Crippen LogP contribution in [0.15, 0.2) is 63.1 Å². The third-order valence-electron chi connectivity index (χ3n) is 5.87. The fraction of sp³-hybridized carbons (Fsp3) is 0.259. The van der Waals surface area contributed by atoms with Gasteiger partial charge in [-0.05, 0) is 68.1 Å². The molecule has 180 valence electrons. The first-order chi connectivity index (χ1) is 17.0. The molecule has 0 aliphatic carbocycles. The summed E-state index contributed by atoms with van der Waals surface area (Å²) in [7, 11) is 0. The third-order valence-corrected chi connectivity index (χ3v) is 6.80. The van der Waals surface area contributed by atoms with Crippen molar-refractivity contribution < 1.29 is 23.4 Å². The second kappa shape index (κ2) is 9.93. The van der Waals surface area contributed by atoms with Crippen molar-refractivity contribution in [3.8, 4) is 17.2 Å². The molecule has 0 unspecified atom stereocenters. The van der Waals surface area contributed by atoms with Crippen molar-refractivity contribution in [2.75, 3.05) is 19.9 Å². The summed E-state index contributed by atoms with van der Waals surface area (Å²) in [5.74, 6) is 1.25. The van der Waals surface area contributed by atoms with Gasteiger partial charge in [0.2, 0.25) is 11.2 Å². The molecule has 1 aliphatic heterocycles. The highest BCUT2D eigenvalue weighted by Gasteiger charge is 2.24. The van der Waals surface area contributed by atoms with Gasteiger partial charge in [0.25, 0.3) is 0 Å². The van der Waals surface area contributed by atoms with Crippen molar-refractivity contribution in [3.63, 3.8) is 0 Å². The van der Waals surface area contributed by atoms with Gasteiger partial charge < -0.3 is 18.6 Å². The zero-order chi connectivity index (χ0) is 24.4. The Kier molecular flexibility index (Phi) is 6.57. The minimum absolute atomic E-state index is 0.118. The van der Waals surface area contributed by atoms with E-state index in [1.807, 2.05) is 6.07 Å². The van der Waals surface area contributed by atoms with Crippen molar-refractivity contribution >= 4 is 28.3 Å². The average molecular weight is 492 g/mol. The minimum Gasteiger partial charge on any atom is -0.478 e. The van der Waals surface area contributed by atoms with Crippen LogP contribution in [0.3, 0.4) is 0 Å². The molecule has 1 aliphatic rings. The molecule has 0 N–H and O–H groups in total. The Morgan fingerprint density at radius 2 is 1.97 bits per heavy atom. The summed E-state index contributed by atoms with van der Waals surface area (Å²) in [6.45, 7) is 5.74. The Balaban J connectivity index is 1.40. The smallest absolute Gasteiger partial charge is 0.338 e. The quantitative estimate of drug-likeness (QED) is 0.315. The fourth-order valence-electron chi connectivity index (χ4n) is 4.08. The van der Waals surface area contributed by atoms with Gasteiger partial charge in [0.05, 0.1) is 23.1 Å². The van der Waals surface area contributed by atoms with Crippen LogP contribution in [0.4, 0.5) is 0 Å². The summed E-state index contributed by atoms with van der Waals surface area (Å²) in [6, 6.07) is 14.2. The maximum atomic E-state index is 13.4. The molecule has 4 aromatic rings. The number of benzene rings is 2. The molecule has 0 saturated heterocycles. The average Bonchev–Trinajstić information content (AvgIpc) is 3.39. The first-order valence-electron chi connectivity index (χ1n) is 11.5. The van der Waals surface area contributed by atoms with E-state index in [-0.39, 0.29) is 11.2 Å². The predicted molar refractivity (Wildman–Crippen MR) is 134 cm³/mol. The van der Waals surface area contributed by atoms with E-state index in [4.69, 9.17) is 18.6 Å². The number of rotatable bonds is 7. The summed E-state index contributed by atoms with van der Waals surface area (Å²) < 4.78 is 23.0. The molecular formula is C27H25NO6S. The van der Waals surface area contributed by atoms with Gasteiger partial charge in [-0.2, -0.15) is 0 Å². The molecule has 8 heteroatoms. The lowest BCUT2D eigenvalue weighted by molar-refractivity contribution is 0.0526. The number of hydrogen-bond acceptors (Lipinski definition) is 8.